The highest BCUT2D eigenvalue weighted by Gasteiger charge is 2.20. The highest BCUT2D eigenvalue weighted by atomic mass is 16.5. The van der Waals surface area contributed by atoms with Crippen LogP contribution in [-0.2, 0) is 0 Å². The second kappa shape index (κ2) is 7.39. The summed E-state index contributed by atoms with van der Waals surface area (Å²) in [7, 11) is 3.35. The van der Waals surface area contributed by atoms with E-state index in [1.165, 1.54) is 24.9 Å². The van der Waals surface area contributed by atoms with Crippen LogP contribution in [-0.4, -0.2) is 39.9 Å². The Bertz CT molecular complexity index is 423. The standard InChI is InChI=1S/C16H26N2O2/c1-4-9-17-13-6-5-10-18(12-13)14-7-8-15(19-2)16(11-14)20-3/h7-8,11,13,17H,4-6,9-10,12H2,1-3H3. The lowest BCUT2D eigenvalue weighted by atomic mass is 10.0. The van der Waals surface area contributed by atoms with Gasteiger partial charge in [0, 0.05) is 30.9 Å². The Morgan fingerprint density at radius 3 is 2.75 bits per heavy atom. The quantitative estimate of drug-likeness (QED) is 0.867. The molecule has 1 N–H and O–H groups in total. The van der Waals surface area contributed by atoms with Crippen molar-refractivity contribution in [3.05, 3.63) is 18.2 Å². The normalized spacial score (nSPS) is 18.9. The summed E-state index contributed by atoms with van der Waals surface area (Å²) in [5.41, 5.74) is 1.21. The van der Waals surface area contributed by atoms with E-state index < -0.39 is 0 Å². The average molecular weight is 278 g/mol. The number of hydrogen-bond donors (Lipinski definition) is 1. The predicted molar refractivity (Wildman–Crippen MR) is 83.1 cm³/mol. The monoisotopic (exact) mass is 278 g/mol. The van der Waals surface area contributed by atoms with Crippen LogP contribution in [0, 0.1) is 0 Å². The zero-order chi connectivity index (χ0) is 14.4. The van der Waals surface area contributed by atoms with E-state index in [1.54, 1.807) is 14.2 Å². The zero-order valence-electron chi connectivity index (χ0n) is 12.8. The number of rotatable bonds is 6. The molecule has 0 bridgehead atoms. The van der Waals surface area contributed by atoms with Gasteiger partial charge in [-0.3, -0.25) is 0 Å². The molecule has 0 spiro atoms. The molecule has 1 atom stereocenters. The number of nitrogens with one attached hydrogen (secondary N) is 1. The van der Waals surface area contributed by atoms with E-state index in [1.807, 2.05) is 6.07 Å². The summed E-state index contributed by atoms with van der Waals surface area (Å²) in [4.78, 5) is 2.43. The Kier molecular flexibility index (Phi) is 5.53. The molecule has 1 aromatic rings. The van der Waals surface area contributed by atoms with Gasteiger partial charge < -0.3 is 19.7 Å². The summed E-state index contributed by atoms with van der Waals surface area (Å²) in [6, 6.07) is 6.76. The molecule has 1 aromatic carbocycles. The lowest BCUT2D eigenvalue weighted by Gasteiger charge is -2.35. The first-order valence-corrected chi connectivity index (χ1v) is 7.48. The van der Waals surface area contributed by atoms with E-state index >= 15 is 0 Å². The van der Waals surface area contributed by atoms with Crippen LogP contribution >= 0.6 is 0 Å². The van der Waals surface area contributed by atoms with Gasteiger partial charge in [-0.05, 0) is 37.9 Å². The summed E-state index contributed by atoms with van der Waals surface area (Å²) in [5.74, 6) is 1.59. The fraction of sp³-hybridized carbons (Fsp3) is 0.625. The summed E-state index contributed by atoms with van der Waals surface area (Å²) in [6.07, 6.45) is 3.69. The highest BCUT2D eigenvalue weighted by molar-refractivity contribution is 5.56. The van der Waals surface area contributed by atoms with Gasteiger partial charge in [-0.1, -0.05) is 6.92 Å². The molecule has 1 aliphatic rings. The number of methoxy groups -OCH3 is 2. The van der Waals surface area contributed by atoms with Gasteiger partial charge in [0.25, 0.3) is 0 Å². The van der Waals surface area contributed by atoms with Crippen molar-refractivity contribution in [3.8, 4) is 11.5 Å². The molecular formula is C16H26N2O2. The van der Waals surface area contributed by atoms with Gasteiger partial charge in [-0.15, -0.1) is 0 Å². The van der Waals surface area contributed by atoms with Crippen LogP contribution in [0.3, 0.4) is 0 Å². The molecule has 1 saturated heterocycles. The molecule has 0 saturated carbocycles. The first-order valence-electron chi connectivity index (χ1n) is 7.48. The lowest BCUT2D eigenvalue weighted by molar-refractivity contribution is 0.354. The van der Waals surface area contributed by atoms with Gasteiger partial charge in [-0.25, -0.2) is 0 Å². The third-order valence-electron chi connectivity index (χ3n) is 3.84. The molecule has 1 heterocycles. The molecule has 0 amide bonds. The molecule has 4 heteroatoms. The maximum atomic E-state index is 5.39. The van der Waals surface area contributed by atoms with Crippen LogP contribution in [0.1, 0.15) is 26.2 Å². The molecule has 1 unspecified atom stereocenters. The number of benzene rings is 1. The number of ether oxygens (including phenoxy) is 2. The Labute approximate surface area is 122 Å². The van der Waals surface area contributed by atoms with Crippen molar-refractivity contribution < 1.29 is 9.47 Å². The second-order valence-corrected chi connectivity index (χ2v) is 5.28. The largest absolute Gasteiger partial charge is 0.493 e. The first kappa shape index (κ1) is 15.0. The molecule has 0 radical (unpaired) electrons. The van der Waals surface area contributed by atoms with Gasteiger partial charge >= 0.3 is 0 Å². The molecule has 112 valence electrons. The van der Waals surface area contributed by atoms with Gasteiger partial charge in [-0.2, -0.15) is 0 Å². The zero-order valence-corrected chi connectivity index (χ0v) is 12.8. The van der Waals surface area contributed by atoms with Crippen molar-refractivity contribution in [2.75, 3.05) is 38.8 Å². The van der Waals surface area contributed by atoms with Gasteiger partial charge in [0.2, 0.25) is 0 Å². The fourth-order valence-corrected chi connectivity index (χ4v) is 2.75. The van der Waals surface area contributed by atoms with Crippen molar-refractivity contribution in [1.29, 1.82) is 0 Å². The van der Waals surface area contributed by atoms with Crippen molar-refractivity contribution in [2.45, 2.75) is 32.2 Å². The molecule has 0 aromatic heterocycles. The van der Waals surface area contributed by atoms with Crippen molar-refractivity contribution in [2.24, 2.45) is 0 Å². The number of piperidine rings is 1. The van der Waals surface area contributed by atoms with E-state index in [0.29, 0.717) is 6.04 Å². The Balaban J connectivity index is 2.06. The van der Waals surface area contributed by atoms with Crippen molar-refractivity contribution in [3.63, 3.8) is 0 Å². The molecule has 20 heavy (non-hydrogen) atoms. The van der Waals surface area contributed by atoms with Gasteiger partial charge in [0.05, 0.1) is 14.2 Å². The molecule has 2 rings (SSSR count). The molecular weight excluding hydrogens is 252 g/mol. The van der Waals surface area contributed by atoms with E-state index in [-0.39, 0.29) is 0 Å². The number of nitrogens with zero attached hydrogens (tertiary/aromatic N) is 1. The third kappa shape index (κ3) is 3.57. The Morgan fingerprint density at radius 2 is 2.05 bits per heavy atom. The SMILES string of the molecule is CCCNC1CCCN(c2ccc(OC)c(OC)c2)C1. The van der Waals surface area contributed by atoms with Crippen molar-refractivity contribution >= 4 is 5.69 Å². The minimum atomic E-state index is 0.594. The van der Waals surface area contributed by atoms with Gasteiger partial charge in [0.1, 0.15) is 0 Å². The summed E-state index contributed by atoms with van der Waals surface area (Å²) < 4.78 is 10.7. The summed E-state index contributed by atoms with van der Waals surface area (Å²) in [5, 5.41) is 3.62. The van der Waals surface area contributed by atoms with Crippen LogP contribution in [0.5, 0.6) is 11.5 Å². The molecule has 4 nitrogen and oxygen atoms in total. The number of anilines is 1. The third-order valence-corrected chi connectivity index (χ3v) is 3.84. The van der Waals surface area contributed by atoms with Crippen LogP contribution in [0.15, 0.2) is 18.2 Å². The second-order valence-electron chi connectivity index (χ2n) is 5.28. The maximum Gasteiger partial charge on any atom is 0.162 e. The lowest BCUT2D eigenvalue weighted by Crippen LogP contribution is -2.46. The minimum Gasteiger partial charge on any atom is -0.493 e. The topological polar surface area (TPSA) is 33.7 Å². The molecule has 0 aliphatic carbocycles. The van der Waals surface area contributed by atoms with Crippen molar-refractivity contribution in [1.82, 2.24) is 5.32 Å². The van der Waals surface area contributed by atoms with Crippen LogP contribution in [0.4, 0.5) is 5.69 Å². The summed E-state index contributed by atoms with van der Waals surface area (Å²) in [6.45, 7) is 5.49. The van der Waals surface area contributed by atoms with Crippen LogP contribution < -0.4 is 19.7 Å². The average Bonchev–Trinajstić information content (AvgIpc) is 2.52. The highest BCUT2D eigenvalue weighted by Crippen LogP contribution is 2.32. The Hall–Kier alpha value is -1.42. The first-order chi connectivity index (χ1) is 9.78. The van der Waals surface area contributed by atoms with Gasteiger partial charge in [0.15, 0.2) is 11.5 Å². The predicted octanol–water partition coefficient (Wildman–Crippen LogP) is 2.67. The number of hydrogen-bond acceptors (Lipinski definition) is 4. The summed E-state index contributed by atoms with van der Waals surface area (Å²) >= 11 is 0. The van der Waals surface area contributed by atoms with E-state index in [4.69, 9.17) is 9.47 Å². The maximum absolute atomic E-state index is 5.39. The Morgan fingerprint density at radius 1 is 1.25 bits per heavy atom. The smallest absolute Gasteiger partial charge is 0.162 e. The fourth-order valence-electron chi connectivity index (χ4n) is 2.75. The van der Waals surface area contributed by atoms with E-state index in [0.717, 1.165) is 31.1 Å². The van der Waals surface area contributed by atoms with E-state index in [2.05, 4.69) is 29.3 Å². The van der Waals surface area contributed by atoms with Crippen LogP contribution in [0.25, 0.3) is 0 Å². The van der Waals surface area contributed by atoms with E-state index in [9.17, 15) is 0 Å². The molecule has 1 fully saturated rings. The molecule has 1 aliphatic heterocycles. The van der Waals surface area contributed by atoms with Crippen LogP contribution in [0.2, 0.25) is 0 Å². The minimum absolute atomic E-state index is 0.594.